The number of fused-ring (bicyclic) bond motifs is 1. The highest BCUT2D eigenvalue weighted by Crippen LogP contribution is 2.45. The molecule has 0 bridgehead atoms. The molecule has 0 radical (unpaired) electrons. The Morgan fingerprint density at radius 3 is 2.60 bits per heavy atom. The molecule has 7 rings (SSSR count). The number of hydrogen-bond acceptors (Lipinski definition) is 5. The van der Waals surface area contributed by atoms with Crippen LogP contribution >= 0.6 is 0 Å². The van der Waals surface area contributed by atoms with E-state index in [4.69, 9.17) is 4.98 Å². The third kappa shape index (κ3) is 5.82. The third-order valence-electron chi connectivity index (χ3n) is 8.06. The maximum absolute atomic E-state index is 13.2. The first-order chi connectivity index (χ1) is 20.7. The van der Waals surface area contributed by atoms with Crippen molar-refractivity contribution in [1.29, 1.82) is 0 Å². The van der Waals surface area contributed by atoms with Gasteiger partial charge in [-0.3, -0.25) is 9.48 Å². The monoisotopic (exact) mass is 582 g/mol. The van der Waals surface area contributed by atoms with E-state index in [-0.39, 0.29) is 5.56 Å². The Bertz CT molecular complexity index is 1840. The second-order valence-electron chi connectivity index (χ2n) is 11.4. The molecule has 1 amide bonds. The molecule has 2 aromatic heterocycles. The van der Waals surface area contributed by atoms with Crippen LogP contribution < -0.4 is 10.6 Å². The second-order valence-corrected chi connectivity index (χ2v) is 11.4. The molecule has 2 saturated carbocycles. The summed E-state index contributed by atoms with van der Waals surface area (Å²) in [5, 5.41) is 11.4. The first kappa shape index (κ1) is 27.1. The van der Waals surface area contributed by atoms with Crippen molar-refractivity contribution in [1.82, 2.24) is 25.1 Å². The average Bonchev–Trinajstić information content (AvgIpc) is 3.95. The molecule has 2 heterocycles. The molecule has 2 aliphatic carbocycles. The molecule has 1 atom stereocenters. The van der Waals surface area contributed by atoms with Crippen molar-refractivity contribution >= 4 is 28.4 Å². The number of carbonyl (C=O) groups is 1. The van der Waals surface area contributed by atoms with Crippen LogP contribution in [0, 0.1) is 0 Å². The quantitative estimate of drug-likeness (QED) is 0.194. The van der Waals surface area contributed by atoms with Crippen LogP contribution in [0.25, 0.3) is 22.0 Å². The first-order valence-electron chi connectivity index (χ1n) is 14.4. The second kappa shape index (κ2) is 10.5. The molecule has 2 fully saturated rings. The number of hydrogen-bond donors (Lipinski definition) is 2. The summed E-state index contributed by atoms with van der Waals surface area (Å²) in [5.74, 6) is 0.425. The number of rotatable bonds is 8. The highest BCUT2D eigenvalue weighted by molar-refractivity contribution is 5.94. The van der Waals surface area contributed by atoms with Crippen LogP contribution in [0.4, 0.5) is 24.8 Å². The minimum atomic E-state index is -4.52. The lowest BCUT2D eigenvalue weighted by molar-refractivity contribution is -0.137. The van der Waals surface area contributed by atoms with E-state index in [0.717, 1.165) is 71.1 Å². The van der Waals surface area contributed by atoms with Gasteiger partial charge in [0.2, 0.25) is 5.95 Å². The summed E-state index contributed by atoms with van der Waals surface area (Å²) in [5.41, 5.74) is 4.96. The number of nitrogens with zero attached hydrogens (tertiary/aromatic N) is 4. The van der Waals surface area contributed by atoms with Gasteiger partial charge in [0.1, 0.15) is 0 Å². The average molecular weight is 583 g/mol. The van der Waals surface area contributed by atoms with Crippen LogP contribution in [-0.2, 0) is 6.18 Å². The molecule has 3 aromatic carbocycles. The van der Waals surface area contributed by atoms with Gasteiger partial charge in [-0.1, -0.05) is 24.3 Å². The normalized spacial score (nSPS) is 15.8. The minimum absolute atomic E-state index is 0.0309. The van der Waals surface area contributed by atoms with Gasteiger partial charge in [-0.2, -0.15) is 18.3 Å². The van der Waals surface area contributed by atoms with Crippen molar-refractivity contribution in [3.05, 3.63) is 102 Å². The van der Waals surface area contributed by atoms with Crippen LogP contribution in [0.5, 0.6) is 0 Å². The van der Waals surface area contributed by atoms with Gasteiger partial charge in [0, 0.05) is 23.3 Å². The predicted molar refractivity (Wildman–Crippen MR) is 158 cm³/mol. The standard InChI is InChI=1S/C33H29F3N6O/c1-19(39-31(43)23-3-2-4-25(14-23)33(34,35)36)21-7-11-28(20-5-6-20)29(15-21)22-8-12-30-24(13-22)16-37-32(41-30)40-26-17-38-42(18-26)27-9-10-27/h2-4,7-8,11-20,27H,5-6,9-10H2,1H3,(H,39,43)(H,37,40,41)/t19-/m1/s1. The Kier molecular flexibility index (Phi) is 6.64. The molecule has 43 heavy (non-hydrogen) atoms. The van der Waals surface area contributed by atoms with E-state index in [1.54, 1.807) is 12.4 Å². The number of halogens is 3. The summed E-state index contributed by atoms with van der Waals surface area (Å²) in [6.45, 7) is 1.83. The van der Waals surface area contributed by atoms with Crippen molar-refractivity contribution < 1.29 is 18.0 Å². The summed E-state index contributed by atoms with van der Waals surface area (Å²) in [7, 11) is 0. The molecule has 2 N–H and O–H groups in total. The molecule has 0 saturated heterocycles. The number of amides is 1. The number of alkyl halides is 3. The zero-order valence-corrected chi connectivity index (χ0v) is 23.4. The number of benzene rings is 3. The summed E-state index contributed by atoms with van der Waals surface area (Å²) < 4.78 is 41.4. The number of nitrogens with one attached hydrogen (secondary N) is 2. The molecule has 0 aliphatic heterocycles. The Hall–Kier alpha value is -4.73. The minimum Gasteiger partial charge on any atom is -0.346 e. The summed E-state index contributed by atoms with van der Waals surface area (Å²) in [6.07, 6.45) is 5.61. The highest BCUT2D eigenvalue weighted by atomic mass is 19.4. The smallest absolute Gasteiger partial charge is 0.346 e. The number of aromatic nitrogens is 4. The summed E-state index contributed by atoms with van der Waals surface area (Å²) in [4.78, 5) is 22.1. The van der Waals surface area contributed by atoms with Crippen LogP contribution in [0.15, 0.2) is 79.3 Å². The zero-order chi connectivity index (χ0) is 29.7. The number of anilines is 2. The van der Waals surface area contributed by atoms with Crippen LogP contribution in [0.2, 0.25) is 0 Å². The molecule has 7 nitrogen and oxygen atoms in total. The lowest BCUT2D eigenvalue weighted by Crippen LogP contribution is -2.27. The maximum atomic E-state index is 13.2. The van der Waals surface area contributed by atoms with E-state index in [2.05, 4.69) is 38.9 Å². The summed E-state index contributed by atoms with van der Waals surface area (Å²) >= 11 is 0. The van der Waals surface area contributed by atoms with Crippen molar-refractivity contribution in [3.63, 3.8) is 0 Å². The van der Waals surface area contributed by atoms with Gasteiger partial charge in [0.15, 0.2) is 0 Å². The Balaban J connectivity index is 1.13. The Labute approximate surface area is 246 Å². The Morgan fingerprint density at radius 1 is 1.00 bits per heavy atom. The van der Waals surface area contributed by atoms with Crippen molar-refractivity contribution in [2.75, 3.05) is 5.32 Å². The summed E-state index contributed by atoms with van der Waals surface area (Å²) in [6, 6.07) is 16.8. The molecule has 218 valence electrons. The van der Waals surface area contributed by atoms with Crippen molar-refractivity contribution in [2.45, 2.75) is 56.8 Å². The molecule has 2 aliphatic rings. The predicted octanol–water partition coefficient (Wildman–Crippen LogP) is 7.96. The molecule has 0 spiro atoms. The third-order valence-corrected chi connectivity index (χ3v) is 8.06. The van der Waals surface area contributed by atoms with Crippen LogP contribution in [0.1, 0.15) is 77.7 Å². The SMILES string of the molecule is C[C@@H](NC(=O)c1cccc(C(F)(F)F)c1)c1ccc(C2CC2)c(-c2ccc3nc(Nc4cnn(C5CC5)c4)ncc3c2)c1. The van der Waals surface area contributed by atoms with E-state index in [1.807, 2.05) is 36.0 Å². The Morgan fingerprint density at radius 2 is 1.84 bits per heavy atom. The van der Waals surface area contributed by atoms with Gasteiger partial charge in [-0.05, 0) is 97.2 Å². The van der Waals surface area contributed by atoms with Gasteiger partial charge >= 0.3 is 6.18 Å². The molecule has 10 heteroatoms. The van der Waals surface area contributed by atoms with E-state index >= 15 is 0 Å². The zero-order valence-electron chi connectivity index (χ0n) is 23.4. The maximum Gasteiger partial charge on any atom is 0.416 e. The van der Waals surface area contributed by atoms with Gasteiger partial charge in [0.25, 0.3) is 5.91 Å². The van der Waals surface area contributed by atoms with Crippen LogP contribution in [0.3, 0.4) is 0 Å². The largest absolute Gasteiger partial charge is 0.416 e. The van der Waals surface area contributed by atoms with E-state index in [0.29, 0.717) is 17.9 Å². The van der Waals surface area contributed by atoms with Crippen LogP contribution in [-0.4, -0.2) is 25.7 Å². The fraction of sp³-hybridized carbons (Fsp3) is 0.273. The lowest BCUT2D eigenvalue weighted by atomic mass is 9.92. The first-order valence-corrected chi connectivity index (χ1v) is 14.4. The molecule has 5 aromatic rings. The molecular formula is C33H29F3N6O. The lowest BCUT2D eigenvalue weighted by Gasteiger charge is -2.18. The van der Waals surface area contributed by atoms with Crippen molar-refractivity contribution in [3.8, 4) is 11.1 Å². The fourth-order valence-electron chi connectivity index (χ4n) is 5.38. The molecule has 0 unspecified atom stereocenters. The topological polar surface area (TPSA) is 84.7 Å². The fourth-order valence-corrected chi connectivity index (χ4v) is 5.38. The van der Waals surface area contributed by atoms with Gasteiger partial charge in [-0.25, -0.2) is 9.97 Å². The highest BCUT2D eigenvalue weighted by Gasteiger charge is 2.31. The van der Waals surface area contributed by atoms with Crippen molar-refractivity contribution in [2.24, 2.45) is 0 Å². The van der Waals surface area contributed by atoms with E-state index < -0.39 is 23.7 Å². The van der Waals surface area contributed by atoms with Gasteiger partial charge in [-0.15, -0.1) is 0 Å². The van der Waals surface area contributed by atoms with Gasteiger partial charge < -0.3 is 10.6 Å². The number of carbonyl (C=O) groups excluding carboxylic acids is 1. The van der Waals surface area contributed by atoms with Gasteiger partial charge in [0.05, 0.1) is 35.0 Å². The van der Waals surface area contributed by atoms with E-state index in [9.17, 15) is 18.0 Å². The van der Waals surface area contributed by atoms with E-state index in [1.165, 1.54) is 17.7 Å². The molecular weight excluding hydrogens is 553 g/mol.